The fraction of sp³-hybridized carbons (Fsp3) is 0.370. The maximum absolute atomic E-state index is 13.8. The summed E-state index contributed by atoms with van der Waals surface area (Å²) in [6.45, 7) is 7.94. The largest absolute Gasteiger partial charge is 0.450 e. The molecule has 202 valence electrons. The summed E-state index contributed by atoms with van der Waals surface area (Å²) in [7, 11) is 0. The first-order valence-electron chi connectivity index (χ1n) is 12.5. The van der Waals surface area contributed by atoms with Gasteiger partial charge in [0, 0.05) is 43.8 Å². The standard InChI is InChI=1S/C27H31Cl2N5O4/c1-4-37-27(36)33-15-13-32(14-16-33)25(35)24-21(17-30-18(2)3)26(38-20-11-9-19(28)10-12-20)34(31-24)23-8-6-5-7-22(23)29/h5-12,18,30H,4,13-17H2,1-3H3. The first-order valence-corrected chi connectivity index (χ1v) is 13.3. The average Bonchev–Trinajstić information content (AvgIpc) is 3.26. The molecule has 1 fully saturated rings. The molecule has 1 aliphatic rings. The van der Waals surface area contributed by atoms with E-state index in [1.54, 1.807) is 51.7 Å². The van der Waals surface area contributed by atoms with E-state index in [4.69, 9.17) is 37.8 Å². The van der Waals surface area contributed by atoms with Crippen molar-refractivity contribution in [3.63, 3.8) is 0 Å². The van der Waals surface area contributed by atoms with Crippen molar-refractivity contribution < 1.29 is 19.1 Å². The Morgan fingerprint density at radius 3 is 2.29 bits per heavy atom. The smallest absolute Gasteiger partial charge is 0.409 e. The molecule has 3 aromatic rings. The number of ether oxygens (including phenoxy) is 2. The molecule has 9 nitrogen and oxygen atoms in total. The molecule has 2 amide bonds. The second-order valence-electron chi connectivity index (χ2n) is 9.07. The number of benzene rings is 2. The molecule has 2 heterocycles. The predicted molar refractivity (Wildman–Crippen MR) is 147 cm³/mol. The number of para-hydroxylation sites is 1. The molecule has 0 aliphatic carbocycles. The van der Waals surface area contributed by atoms with Crippen LogP contribution in [0.1, 0.15) is 36.8 Å². The Balaban J connectivity index is 1.74. The lowest BCUT2D eigenvalue weighted by atomic mass is 10.2. The van der Waals surface area contributed by atoms with Gasteiger partial charge in [-0.05, 0) is 43.3 Å². The Hall–Kier alpha value is -3.27. The molecule has 0 unspecified atom stereocenters. The second kappa shape index (κ2) is 12.5. The Bertz CT molecular complexity index is 1270. The molecular formula is C27H31Cl2N5O4. The molecule has 1 saturated heterocycles. The summed E-state index contributed by atoms with van der Waals surface area (Å²) in [5.41, 5.74) is 1.44. The predicted octanol–water partition coefficient (Wildman–Crippen LogP) is 5.38. The molecular weight excluding hydrogens is 529 g/mol. The molecule has 0 radical (unpaired) electrons. The van der Waals surface area contributed by atoms with E-state index in [-0.39, 0.29) is 23.7 Å². The van der Waals surface area contributed by atoms with Gasteiger partial charge in [-0.1, -0.05) is 49.2 Å². The minimum Gasteiger partial charge on any atom is -0.450 e. The van der Waals surface area contributed by atoms with Gasteiger partial charge in [0.2, 0.25) is 5.88 Å². The number of aromatic nitrogens is 2. The van der Waals surface area contributed by atoms with Crippen molar-refractivity contribution in [2.45, 2.75) is 33.4 Å². The van der Waals surface area contributed by atoms with Gasteiger partial charge in [0.1, 0.15) is 5.75 Å². The Labute approximate surface area is 232 Å². The Kier molecular flexibility index (Phi) is 9.14. The monoisotopic (exact) mass is 559 g/mol. The topological polar surface area (TPSA) is 88.9 Å². The minimum atomic E-state index is -0.372. The summed E-state index contributed by atoms with van der Waals surface area (Å²) >= 11 is 12.6. The second-order valence-corrected chi connectivity index (χ2v) is 9.91. The van der Waals surface area contributed by atoms with Crippen molar-refractivity contribution in [2.24, 2.45) is 0 Å². The summed E-state index contributed by atoms with van der Waals surface area (Å²) in [5.74, 6) is 0.665. The quantitative estimate of drug-likeness (QED) is 0.398. The Morgan fingerprint density at radius 1 is 1.00 bits per heavy atom. The maximum Gasteiger partial charge on any atom is 0.409 e. The third-order valence-electron chi connectivity index (χ3n) is 6.03. The lowest BCUT2D eigenvalue weighted by Crippen LogP contribution is -2.51. The number of halogens is 2. The molecule has 38 heavy (non-hydrogen) atoms. The minimum absolute atomic E-state index is 0.151. The van der Waals surface area contributed by atoms with Crippen molar-refractivity contribution >= 4 is 35.2 Å². The summed E-state index contributed by atoms with van der Waals surface area (Å²) < 4.78 is 13.0. The van der Waals surface area contributed by atoms with Gasteiger partial charge < -0.3 is 24.6 Å². The van der Waals surface area contributed by atoms with Crippen LogP contribution in [0.4, 0.5) is 4.79 Å². The van der Waals surface area contributed by atoms with Crippen LogP contribution in [-0.4, -0.2) is 70.4 Å². The normalized spacial score (nSPS) is 13.6. The van der Waals surface area contributed by atoms with E-state index in [1.807, 2.05) is 32.0 Å². The molecule has 0 atom stereocenters. The maximum atomic E-state index is 13.8. The molecule has 1 N–H and O–H groups in total. The molecule has 0 bridgehead atoms. The van der Waals surface area contributed by atoms with Crippen molar-refractivity contribution in [1.82, 2.24) is 24.9 Å². The number of piperazine rings is 1. The van der Waals surface area contributed by atoms with Crippen LogP contribution < -0.4 is 10.1 Å². The van der Waals surface area contributed by atoms with Gasteiger partial charge in [0.15, 0.2) is 5.69 Å². The van der Waals surface area contributed by atoms with Crippen molar-refractivity contribution in [2.75, 3.05) is 32.8 Å². The van der Waals surface area contributed by atoms with E-state index in [0.717, 1.165) is 0 Å². The lowest BCUT2D eigenvalue weighted by molar-refractivity contribution is 0.0564. The lowest BCUT2D eigenvalue weighted by Gasteiger charge is -2.33. The zero-order valence-corrected chi connectivity index (χ0v) is 23.1. The van der Waals surface area contributed by atoms with Gasteiger partial charge in [0.05, 0.1) is 22.9 Å². The molecule has 1 aliphatic heterocycles. The van der Waals surface area contributed by atoms with E-state index in [1.165, 1.54) is 0 Å². The van der Waals surface area contributed by atoms with Crippen molar-refractivity contribution in [1.29, 1.82) is 0 Å². The van der Waals surface area contributed by atoms with E-state index in [2.05, 4.69) is 5.32 Å². The number of hydrogen-bond acceptors (Lipinski definition) is 6. The number of amides is 2. The van der Waals surface area contributed by atoms with Gasteiger partial charge in [0.25, 0.3) is 5.91 Å². The fourth-order valence-corrected chi connectivity index (χ4v) is 4.38. The van der Waals surface area contributed by atoms with Gasteiger partial charge in [-0.15, -0.1) is 0 Å². The number of carbonyl (C=O) groups is 2. The molecule has 4 rings (SSSR count). The van der Waals surface area contributed by atoms with Crippen LogP contribution in [0.3, 0.4) is 0 Å². The van der Waals surface area contributed by atoms with Gasteiger partial charge in [-0.25, -0.2) is 4.79 Å². The number of rotatable bonds is 8. The van der Waals surface area contributed by atoms with Crippen LogP contribution in [0.5, 0.6) is 11.6 Å². The highest BCUT2D eigenvalue weighted by atomic mass is 35.5. The van der Waals surface area contributed by atoms with Crippen LogP contribution >= 0.6 is 23.2 Å². The van der Waals surface area contributed by atoms with Crippen molar-refractivity contribution in [3.05, 3.63) is 69.8 Å². The van der Waals surface area contributed by atoms with E-state index >= 15 is 0 Å². The fourth-order valence-electron chi connectivity index (χ4n) is 4.03. The van der Waals surface area contributed by atoms with Crippen molar-refractivity contribution in [3.8, 4) is 17.3 Å². The SMILES string of the molecule is CCOC(=O)N1CCN(C(=O)c2nn(-c3ccccc3Cl)c(Oc3ccc(Cl)cc3)c2CNC(C)C)CC1. The number of nitrogens with one attached hydrogen (secondary N) is 1. The van der Waals surface area contributed by atoms with E-state index in [0.29, 0.717) is 72.3 Å². The van der Waals surface area contributed by atoms with Gasteiger partial charge >= 0.3 is 6.09 Å². The van der Waals surface area contributed by atoms with Crippen LogP contribution in [0.25, 0.3) is 5.69 Å². The van der Waals surface area contributed by atoms with E-state index < -0.39 is 0 Å². The number of hydrogen-bond donors (Lipinski definition) is 1. The Morgan fingerprint density at radius 2 is 1.66 bits per heavy atom. The van der Waals surface area contributed by atoms with Crippen LogP contribution in [0.2, 0.25) is 10.0 Å². The number of carbonyl (C=O) groups excluding carboxylic acids is 2. The highest BCUT2D eigenvalue weighted by Crippen LogP contribution is 2.34. The molecule has 2 aromatic carbocycles. The third-order valence-corrected chi connectivity index (χ3v) is 6.60. The zero-order valence-electron chi connectivity index (χ0n) is 21.6. The zero-order chi connectivity index (χ0) is 27.2. The highest BCUT2D eigenvalue weighted by Gasteiger charge is 2.32. The highest BCUT2D eigenvalue weighted by molar-refractivity contribution is 6.32. The van der Waals surface area contributed by atoms with Crippen LogP contribution in [-0.2, 0) is 11.3 Å². The summed E-state index contributed by atoms with van der Waals surface area (Å²) in [6, 6.07) is 14.4. The third kappa shape index (κ3) is 6.40. The number of nitrogens with zero attached hydrogens (tertiary/aromatic N) is 4. The van der Waals surface area contributed by atoms with Gasteiger partial charge in [-0.2, -0.15) is 9.78 Å². The molecule has 0 spiro atoms. The summed E-state index contributed by atoms with van der Waals surface area (Å²) in [4.78, 5) is 29.2. The molecule has 0 saturated carbocycles. The van der Waals surface area contributed by atoms with Gasteiger partial charge in [-0.3, -0.25) is 4.79 Å². The first-order chi connectivity index (χ1) is 18.3. The molecule has 11 heteroatoms. The summed E-state index contributed by atoms with van der Waals surface area (Å²) in [6.07, 6.45) is -0.372. The van der Waals surface area contributed by atoms with Crippen LogP contribution in [0, 0.1) is 0 Å². The average molecular weight is 560 g/mol. The first kappa shape index (κ1) is 27.8. The van der Waals surface area contributed by atoms with Crippen LogP contribution in [0.15, 0.2) is 48.5 Å². The van der Waals surface area contributed by atoms with E-state index in [9.17, 15) is 9.59 Å². The molecule has 1 aromatic heterocycles. The summed E-state index contributed by atoms with van der Waals surface area (Å²) in [5, 5.41) is 9.16.